The highest BCUT2D eigenvalue weighted by Crippen LogP contribution is 2.52. The van der Waals surface area contributed by atoms with Crippen LogP contribution >= 0.6 is 0 Å². The largest absolute Gasteiger partial charge is 0.312 e. The standard InChI is InChI=1S/C10H17F2N/c1-9(4-2-6-13-9)5-3-8-7-10(8,11)12/h8,13H,2-7H2,1H3. The quantitative estimate of drug-likeness (QED) is 0.719. The predicted octanol–water partition coefficient (Wildman–Crippen LogP) is 2.56. The van der Waals surface area contributed by atoms with Crippen LogP contribution in [-0.4, -0.2) is 18.0 Å². The third-order valence-corrected chi connectivity index (χ3v) is 3.46. The van der Waals surface area contributed by atoms with E-state index in [1.807, 2.05) is 0 Å². The zero-order chi connectivity index (χ0) is 9.53. The van der Waals surface area contributed by atoms with Crippen molar-refractivity contribution < 1.29 is 8.78 Å². The summed E-state index contributed by atoms with van der Waals surface area (Å²) in [5.41, 5.74) is 0.151. The summed E-state index contributed by atoms with van der Waals surface area (Å²) in [4.78, 5) is 0. The molecule has 1 aliphatic carbocycles. The molecule has 0 spiro atoms. The fourth-order valence-corrected chi connectivity index (χ4v) is 2.25. The van der Waals surface area contributed by atoms with Crippen LogP contribution in [0.2, 0.25) is 0 Å². The van der Waals surface area contributed by atoms with E-state index in [0.29, 0.717) is 6.42 Å². The molecule has 2 aliphatic rings. The molecule has 0 aromatic carbocycles. The first-order valence-corrected chi connectivity index (χ1v) is 5.15. The van der Waals surface area contributed by atoms with Crippen molar-refractivity contribution in [1.29, 1.82) is 0 Å². The van der Waals surface area contributed by atoms with Crippen LogP contribution in [0.3, 0.4) is 0 Å². The van der Waals surface area contributed by atoms with Crippen molar-refractivity contribution in [2.75, 3.05) is 6.54 Å². The van der Waals surface area contributed by atoms with Gasteiger partial charge in [-0.25, -0.2) is 8.78 Å². The van der Waals surface area contributed by atoms with Gasteiger partial charge >= 0.3 is 0 Å². The molecule has 0 bridgehead atoms. The summed E-state index contributed by atoms with van der Waals surface area (Å²) >= 11 is 0. The van der Waals surface area contributed by atoms with Crippen LogP contribution in [-0.2, 0) is 0 Å². The molecule has 1 heterocycles. The molecular formula is C10H17F2N. The number of nitrogens with one attached hydrogen (secondary N) is 1. The van der Waals surface area contributed by atoms with Crippen molar-refractivity contribution in [3.05, 3.63) is 0 Å². The van der Waals surface area contributed by atoms with Gasteiger partial charge in [0.05, 0.1) is 0 Å². The highest BCUT2D eigenvalue weighted by molar-refractivity contribution is 4.97. The van der Waals surface area contributed by atoms with Gasteiger partial charge in [0.1, 0.15) is 0 Å². The second-order valence-electron chi connectivity index (χ2n) is 4.79. The molecule has 0 aromatic rings. The number of alkyl halides is 2. The molecule has 1 nitrogen and oxygen atoms in total. The van der Waals surface area contributed by atoms with E-state index in [1.165, 1.54) is 6.42 Å². The molecule has 2 unspecified atom stereocenters. The van der Waals surface area contributed by atoms with Crippen LogP contribution in [0.5, 0.6) is 0 Å². The molecule has 1 N–H and O–H groups in total. The first-order valence-electron chi connectivity index (χ1n) is 5.15. The van der Waals surface area contributed by atoms with E-state index < -0.39 is 5.92 Å². The molecule has 0 amide bonds. The van der Waals surface area contributed by atoms with Crippen molar-refractivity contribution in [2.24, 2.45) is 5.92 Å². The monoisotopic (exact) mass is 189 g/mol. The van der Waals surface area contributed by atoms with E-state index >= 15 is 0 Å². The Bertz CT molecular complexity index is 197. The van der Waals surface area contributed by atoms with Gasteiger partial charge in [-0.3, -0.25) is 0 Å². The second kappa shape index (κ2) is 2.91. The smallest absolute Gasteiger partial charge is 0.251 e. The minimum atomic E-state index is -2.32. The molecule has 0 radical (unpaired) electrons. The maximum Gasteiger partial charge on any atom is 0.251 e. The van der Waals surface area contributed by atoms with E-state index in [-0.39, 0.29) is 17.9 Å². The van der Waals surface area contributed by atoms with Gasteiger partial charge in [-0.05, 0) is 39.2 Å². The second-order valence-corrected chi connectivity index (χ2v) is 4.79. The van der Waals surface area contributed by atoms with Gasteiger partial charge in [0.2, 0.25) is 0 Å². The van der Waals surface area contributed by atoms with Crippen molar-refractivity contribution in [3.8, 4) is 0 Å². The summed E-state index contributed by atoms with van der Waals surface area (Å²) in [6.45, 7) is 3.21. The molecule has 1 saturated carbocycles. The Hall–Kier alpha value is -0.180. The Labute approximate surface area is 77.9 Å². The van der Waals surface area contributed by atoms with Crippen LogP contribution in [0, 0.1) is 5.92 Å². The van der Waals surface area contributed by atoms with Crippen molar-refractivity contribution >= 4 is 0 Å². The third-order valence-electron chi connectivity index (χ3n) is 3.46. The molecule has 13 heavy (non-hydrogen) atoms. The SMILES string of the molecule is CC1(CCC2CC2(F)F)CCCN1. The summed E-state index contributed by atoms with van der Waals surface area (Å²) in [6.07, 6.45) is 4.07. The van der Waals surface area contributed by atoms with Gasteiger partial charge in [0.15, 0.2) is 0 Å². The predicted molar refractivity (Wildman–Crippen MR) is 47.9 cm³/mol. The van der Waals surface area contributed by atoms with Gasteiger partial charge in [-0.15, -0.1) is 0 Å². The lowest BCUT2D eigenvalue weighted by Crippen LogP contribution is -2.36. The number of halogens is 2. The average Bonchev–Trinajstić information content (AvgIpc) is 2.43. The summed E-state index contributed by atoms with van der Waals surface area (Å²) in [5, 5.41) is 3.40. The molecule has 2 fully saturated rings. The van der Waals surface area contributed by atoms with Crippen molar-refractivity contribution in [3.63, 3.8) is 0 Å². The van der Waals surface area contributed by atoms with Gasteiger partial charge in [-0.1, -0.05) is 0 Å². The Morgan fingerprint density at radius 2 is 2.15 bits per heavy atom. The minimum absolute atomic E-state index is 0.128. The summed E-state index contributed by atoms with van der Waals surface area (Å²) < 4.78 is 25.1. The van der Waals surface area contributed by atoms with Gasteiger partial charge in [-0.2, -0.15) is 0 Å². The first-order chi connectivity index (χ1) is 6.02. The summed E-state index contributed by atoms with van der Waals surface area (Å²) in [6, 6.07) is 0. The Morgan fingerprint density at radius 1 is 1.46 bits per heavy atom. The lowest BCUT2D eigenvalue weighted by atomic mass is 9.93. The number of hydrogen-bond donors (Lipinski definition) is 1. The molecular weight excluding hydrogens is 172 g/mol. The fourth-order valence-electron chi connectivity index (χ4n) is 2.25. The number of rotatable bonds is 3. The minimum Gasteiger partial charge on any atom is -0.312 e. The Morgan fingerprint density at radius 3 is 2.62 bits per heavy atom. The highest BCUT2D eigenvalue weighted by atomic mass is 19.3. The topological polar surface area (TPSA) is 12.0 Å². The van der Waals surface area contributed by atoms with Gasteiger partial charge in [0, 0.05) is 17.9 Å². The summed E-state index contributed by atoms with van der Waals surface area (Å²) in [7, 11) is 0. The molecule has 2 rings (SSSR count). The third kappa shape index (κ3) is 2.01. The van der Waals surface area contributed by atoms with E-state index in [1.54, 1.807) is 0 Å². The van der Waals surface area contributed by atoms with E-state index in [2.05, 4.69) is 12.2 Å². The van der Waals surface area contributed by atoms with E-state index in [0.717, 1.165) is 19.4 Å². The zero-order valence-electron chi connectivity index (χ0n) is 8.08. The van der Waals surface area contributed by atoms with Gasteiger partial charge in [0.25, 0.3) is 5.92 Å². The van der Waals surface area contributed by atoms with Crippen LogP contribution in [0.25, 0.3) is 0 Å². The van der Waals surface area contributed by atoms with Crippen molar-refractivity contribution in [2.45, 2.75) is 50.5 Å². The molecule has 76 valence electrons. The maximum absolute atomic E-state index is 12.6. The maximum atomic E-state index is 12.6. The fraction of sp³-hybridized carbons (Fsp3) is 1.00. The van der Waals surface area contributed by atoms with Crippen LogP contribution in [0.4, 0.5) is 8.78 Å². The molecule has 0 aromatic heterocycles. The lowest BCUT2D eigenvalue weighted by Gasteiger charge is -2.24. The molecule has 1 saturated heterocycles. The van der Waals surface area contributed by atoms with E-state index in [4.69, 9.17) is 0 Å². The summed E-state index contributed by atoms with van der Waals surface area (Å²) in [5.74, 6) is -2.64. The zero-order valence-corrected chi connectivity index (χ0v) is 8.08. The highest BCUT2D eigenvalue weighted by Gasteiger charge is 2.56. The average molecular weight is 189 g/mol. The normalized spacial score (nSPS) is 42.2. The molecule has 3 heteroatoms. The van der Waals surface area contributed by atoms with E-state index in [9.17, 15) is 8.78 Å². The molecule has 1 aliphatic heterocycles. The van der Waals surface area contributed by atoms with Crippen LogP contribution in [0.15, 0.2) is 0 Å². The van der Waals surface area contributed by atoms with Crippen LogP contribution < -0.4 is 5.32 Å². The Kier molecular flexibility index (Phi) is 2.10. The van der Waals surface area contributed by atoms with Crippen molar-refractivity contribution in [1.82, 2.24) is 5.32 Å². The van der Waals surface area contributed by atoms with Gasteiger partial charge < -0.3 is 5.32 Å². The first kappa shape index (κ1) is 9.38. The lowest BCUT2D eigenvalue weighted by molar-refractivity contribution is 0.0948. The molecule has 2 atom stereocenters. The van der Waals surface area contributed by atoms with Crippen LogP contribution in [0.1, 0.15) is 39.0 Å². The Balaban J connectivity index is 1.74. The number of hydrogen-bond acceptors (Lipinski definition) is 1.